The van der Waals surface area contributed by atoms with Gasteiger partial charge in [0.15, 0.2) is 0 Å². The van der Waals surface area contributed by atoms with Gasteiger partial charge in [0.25, 0.3) is 0 Å². The van der Waals surface area contributed by atoms with Crippen LogP contribution < -0.4 is 0 Å². The summed E-state index contributed by atoms with van der Waals surface area (Å²) in [5.41, 5.74) is 3.03. The van der Waals surface area contributed by atoms with Gasteiger partial charge in [-0.1, -0.05) is 6.07 Å². The molecule has 1 aliphatic heterocycles. The van der Waals surface area contributed by atoms with Crippen LogP contribution in [0.4, 0.5) is 0 Å². The third-order valence-electron chi connectivity index (χ3n) is 3.67. The van der Waals surface area contributed by atoms with E-state index >= 15 is 0 Å². The molecule has 1 saturated heterocycles. The predicted octanol–water partition coefficient (Wildman–Crippen LogP) is 1.86. The molecule has 0 aromatic heterocycles. The van der Waals surface area contributed by atoms with Crippen LogP contribution in [0.15, 0.2) is 18.2 Å². The highest BCUT2D eigenvalue weighted by molar-refractivity contribution is 5.72. The number of nitriles is 1. The van der Waals surface area contributed by atoms with Crippen LogP contribution in [0, 0.1) is 24.2 Å². The Morgan fingerprint density at radius 2 is 2.37 bits per heavy atom. The number of hydrogen-bond acceptors (Lipinski definition) is 4. The molecule has 0 radical (unpaired) electrons. The van der Waals surface area contributed by atoms with E-state index in [0.717, 1.165) is 31.6 Å². The predicted molar refractivity (Wildman–Crippen MR) is 71.3 cm³/mol. The van der Waals surface area contributed by atoms with E-state index in [1.807, 2.05) is 25.1 Å². The van der Waals surface area contributed by atoms with Gasteiger partial charge in [-0.25, -0.2) is 0 Å². The van der Waals surface area contributed by atoms with Gasteiger partial charge in [-0.15, -0.1) is 0 Å². The molecular formula is C15H18N2O2. The summed E-state index contributed by atoms with van der Waals surface area (Å²) in [6, 6.07) is 7.89. The molecular weight excluding hydrogens is 240 g/mol. The normalized spacial score (nSPS) is 19.1. The highest BCUT2D eigenvalue weighted by atomic mass is 16.5. The molecule has 1 unspecified atom stereocenters. The summed E-state index contributed by atoms with van der Waals surface area (Å²) in [5.74, 6) is -0.109. The second-order valence-corrected chi connectivity index (χ2v) is 5.00. The van der Waals surface area contributed by atoms with Gasteiger partial charge >= 0.3 is 5.97 Å². The summed E-state index contributed by atoms with van der Waals surface area (Å²) in [5, 5.41) is 8.85. The van der Waals surface area contributed by atoms with E-state index in [0.29, 0.717) is 5.56 Å². The number of ether oxygens (including phenoxy) is 1. The molecule has 19 heavy (non-hydrogen) atoms. The summed E-state index contributed by atoms with van der Waals surface area (Å²) in [6.07, 6.45) is 0.863. The fourth-order valence-corrected chi connectivity index (χ4v) is 2.52. The number of carbonyl (C=O) groups excluding carboxylic acids is 1. The van der Waals surface area contributed by atoms with E-state index in [1.54, 1.807) is 0 Å². The number of esters is 1. The Hall–Kier alpha value is -1.86. The number of carbonyl (C=O) groups is 1. The zero-order valence-corrected chi connectivity index (χ0v) is 11.3. The molecule has 0 amide bonds. The lowest BCUT2D eigenvalue weighted by molar-refractivity contribution is -0.144. The third-order valence-corrected chi connectivity index (χ3v) is 3.67. The van der Waals surface area contributed by atoms with Gasteiger partial charge < -0.3 is 4.74 Å². The monoisotopic (exact) mass is 258 g/mol. The standard InChI is InChI=1S/C15H18N2O2/c1-11-7-12(8-16)3-4-13(11)9-17-6-5-14(10-17)15(18)19-2/h3-4,7,14H,5-6,9-10H2,1-2H3. The maximum atomic E-state index is 11.5. The summed E-state index contributed by atoms with van der Waals surface area (Å²) in [6.45, 7) is 4.51. The van der Waals surface area contributed by atoms with Crippen LogP contribution in [-0.4, -0.2) is 31.1 Å². The number of methoxy groups -OCH3 is 1. The summed E-state index contributed by atoms with van der Waals surface area (Å²) in [7, 11) is 1.44. The van der Waals surface area contributed by atoms with Gasteiger partial charge in [-0.3, -0.25) is 9.69 Å². The molecule has 0 saturated carbocycles. The Kier molecular flexibility index (Phi) is 4.18. The first kappa shape index (κ1) is 13.6. The smallest absolute Gasteiger partial charge is 0.310 e. The number of rotatable bonds is 3. The molecule has 0 N–H and O–H groups in total. The SMILES string of the molecule is COC(=O)C1CCN(Cc2ccc(C#N)cc2C)C1. The lowest BCUT2D eigenvalue weighted by Gasteiger charge is -2.17. The van der Waals surface area contributed by atoms with Crippen molar-refractivity contribution in [1.29, 1.82) is 5.26 Å². The van der Waals surface area contributed by atoms with Crippen LogP contribution in [0.5, 0.6) is 0 Å². The minimum Gasteiger partial charge on any atom is -0.469 e. The molecule has 0 bridgehead atoms. The average Bonchev–Trinajstić information content (AvgIpc) is 2.88. The second-order valence-electron chi connectivity index (χ2n) is 5.00. The molecule has 1 heterocycles. The Bertz CT molecular complexity index is 519. The molecule has 1 atom stereocenters. The maximum absolute atomic E-state index is 11.5. The van der Waals surface area contributed by atoms with Crippen LogP contribution in [0.2, 0.25) is 0 Å². The Morgan fingerprint density at radius 3 is 3.00 bits per heavy atom. The quantitative estimate of drug-likeness (QED) is 0.777. The Morgan fingerprint density at radius 1 is 1.58 bits per heavy atom. The van der Waals surface area contributed by atoms with Crippen LogP contribution in [0.3, 0.4) is 0 Å². The minimum atomic E-state index is -0.112. The van der Waals surface area contributed by atoms with Gasteiger partial charge in [0.2, 0.25) is 0 Å². The van der Waals surface area contributed by atoms with Crippen LogP contribution in [-0.2, 0) is 16.1 Å². The molecule has 1 fully saturated rings. The third kappa shape index (κ3) is 3.12. The first-order valence-corrected chi connectivity index (χ1v) is 6.44. The molecule has 0 spiro atoms. The molecule has 100 valence electrons. The number of hydrogen-bond donors (Lipinski definition) is 0. The van der Waals surface area contributed by atoms with Gasteiger partial charge in [-0.05, 0) is 43.1 Å². The van der Waals surface area contributed by atoms with E-state index in [9.17, 15) is 4.79 Å². The van der Waals surface area contributed by atoms with Crippen LogP contribution in [0.25, 0.3) is 0 Å². The molecule has 1 aromatic rings. The number of aryl methyl sites for hydroxylation is 1. The number of likely N-dealkylation sites (tertiary alicyclic amines) is 1. The largest absolute Gasteiger partial charge is 0.469 e. The van der Waals surface area contributed by atoms with E-state index in [4.69, 9.17) is 10.00 Å². The van der Waals surface area contributed by atoms with Crippen molar-refractivity contribution in [3.8, 4) is 6.07 Å². The van der Waals surface area contributed by atoms with E-state index in [-0.39, 0.29) is 11.9 Å². The van der Waals surface area contributed by atoms with Crippen molar-refractivity contribution < 1.29 is 9.53 Å². The number of nitrogens with zero attached hydrogens (tertiary/aromatic N) is 2. The first-order chi connectivity index (χ1) is 9.13. The zero-order chi connectivity index (χ0) is 13.8. The van der Waals surface area contributed by atoms with Gasteiger partial charge in [-0.2, -0.15) is 5.26 Å². The zero-order valence-electron chi connectivity index (χ0n) is 11.3. The molecule has 2 rings (SSSR count). The highest BCUT2D eigenvalue weighted by Gasteiger charge is 2.28. The van der Waals surface area contributed by atoms with E-state index < -0.39 is 0 Å². The summed E-state index contributed by atoms with van der Waals surface area (Å²) in [4.78, 5) is 13.7. The summed E-state index contributed by atoms with van der Waals surface area (Å²) < 4.78 is 4.79. The minimum absolute atomic E-state index is 0.00341. The van der Waals surface area contributed by atoms with Crippen LogP contribution >= 0.6 is 0 Å². The van der Waals surface area contributed by atoms with Gasteiger partial charge in [0.1, 0.15) is 0 Å². The van der Waals surface area contributed by atoms with Crippen molar-refractivity contribution in [2.24, 2.45) is 5.92 Å². The molecule has 4 nitrogen and oxygen atoms in total. The Labute approximate surface area is 113 Å². The molecule has 4 heteroatoms. The van der Waals surface area contributed by atoms with Crippen molar-refractivity contribution >= 4 is 5.97 Å². The lowest BCUT2D eigenvalue weighted by atomic mass is 10.1. The topological polar surface area (TPSA) is 53.3 Å². The highest BCUT2D eigenvalue weighted by Crippen LogP contribution is 2.21. The maximum Gasteiger partial charge on any atom is 0.310 e. The van der Waals surface area contributed by atoms with Gasteiger partial charge in [0, 0.05) is 13.1 Å². The number of benzene rings is 1. The molecule has 1 aliphatic rings. The molecule has 1 aromatic carbocycles. The Balaban J connectivity index is 2.00. The fraction of sp³-hybridized carbons (Fsp3) is 0.467. The van der Waals surface area contributed by atoms with E-state index in [1.165, 1.54) is 12.7 Å². The van der Waals surface area contributed by atoms with Crippen molar-refractivity contribution in [3.63, 3.8) is 0 Å². The van der Waals surface area contributed by atoms with Crippen molar-refractivity contribution in [2.75, 3.05) is 20.2 Å². The average molecular weight is 258 g/mol. The lowest BCUT2D eigenvalue weighted by Crippen LogP contribution is -2.24. The first-order valence-electron chi connectivity index (χ1n) is 6.44. The van der Waals surface area contributed by atoms with Gasteiger partial charge in [0.05, 0.1) is 24.7 Å². The van der Waals surface area contributed by atoms with Crippen molar-refractivity contribution in [2.45, 2.75) is 19.9 Å². The van der Waals surface area contributed by atoms with Crippen LogP contribution in [0.1, 0.15) is 23.1 Å². The van der Waals surface area contributed by atoms with Crippen molar-refractivity contribution in [1.82, 2.24) is 4.90 Å². The summed E-state index contributed by atoms with van der Waals surface area (Å²) >= 11 is 0. The fourth-order valence-electron chi connectivity index (χ4n) is 2.52. The molecule has 0 aliphatic carbocycles. The second kappa shape index (κ2) is 5.85. The van der Waals surface area contributed by atoms with E-state index in [2.05, 4.69) is 11.0 Å². The van der Waals surface area contributed by atoms with Crippen molar-refractivity contribution in [3.05, 3.63) is 34.9 Å².